The maximum atomic E-state index is 14.9. The average Bonchev–Trinajstić information content (AvgIpc) is 3.56. The zero-order chi connectivity index (χ0) is 45.6. The summed E-state index contributed by atoms with van der Waals surface area (Å²) >= 11 is 1.45. The molecule has 0 bridgehead atoms. The van der Waals surface area contributed by atoms with Gasteiger partial charge < -0.3 is 18.0 Å². The van der Waals surface area contributed by atoms with Crippen LogP contribution in [0, 0.1) is 17.3 Å². The highest BCUT2D eigenvalue weighted by atomic mass is 32.1. The van der Waals surface area contributed by atoms with Crippen molar-refractivity contribution in [3.8, 4) is 0 Å². The van der Waals surface area contributed by atoms with Gasteiger partial charge in [-0.1, -0.05) is 108 Å². The molecule has 7 nitrogen and oxygen atoms in total. The smallest absolute Gasteiger partial charge is 0.412 e. The lowest BCUT2D eigenvalue weighted by atomic mass is 9.73. The lowest BCUT2D eigenvalue weighted by Gasteiger charge is -2.45. The van der Waals surface area contributed by atoms with Crippen molar-refractivity contribution in [2.24, 2.45) is 17.3 Å². The fraction of sp³-hybridized carbons (Fsp3) is 0.756. The van der Waals surface area contributed by atoms with Gasteiger partial charge in [-0.15, -0.1) is 11.3 Å². The Morgan fingerprint density at radius 1 is 0.949 bits per heavy atom. The van der Waals surface area contributed by atoms with Gasteiger partial charge in [0.05, 0.1) is 30.9 Å². The quantitative estimate of drug-likeness (QED) is 0.117. The molecule has 59 heavy (non-hydrogen) atoms. The molecule has 0 saturated heterocycles. The summed E-state index contributed by atoms with van der Waals surface area (Å²) in [5.41, 5.74) is -0.699. The highest BCUT2D eigenvalue weighted by molar-refractivity contribution is 7.09. The number of hydrogen-bond acceptors (Lipinski definition) is 8. The standard InChI is InChI=1S/C45H78F3NO6SSi3/c1-19-59(20-2,21-3)54-37-28-39(50)53-36(32(5)27-35-30-56-38(49-35)29-52-57(15,16)42(7,8)9)26-25-34(45(46,47)48)24-22-23-31(4)40(33(6)41(51)44(37,13)14)55-58(17,18)43(10,11)12/h22-23,25,27,30-31,33,36-37,40H,19-21,24,26,28-29H2,1-18H3/b23-22+,32-27+,34-25+/t31-,33+,36-,37-,40-/m0/s1. The summed E-state index contributed by atoms with van der Waals surface area (Å²) in [7, 11) is -6.87. The number of halogens is 3. The second-order valence-corrected chi connectivity index (χ2v) is 35.5. The topological polar surface area (TPSA) is 84.0 Å². The van der Waals surface area contributed by atoms with Crippen LogP contribution in [0.25, 0.3) is 6.08 Å². The molecular formula is C45H78F3NO6SSi3. The number of cyclic esters (lactones) is 1. The van der Waals surface area contributed by atoms with Gasteiger partial charge in [0, 0.05) is 28.7 Å². The first-order chi connectivity index (χ1) is 26.8. The van der Waals surface area contributed by atoms with E-state index in [1.54, 1.807) is 19.1 Å². The van der Waals surface area contributed by atoms with Crippen LogP contribution in [0.3, 0.4) is 0 Å². The van der Waals surface area contributed by atoms with Crippen LogP contribution in [0.5, 0.6) is 0 Å². The number of allylic oxidation sites excluding steroid dienone is 2. The Bertz CT molecular complexity index is 1640. The van der Waals surface area contributed by atoms with E-state index in [0.29, 0.717) is 17.9 Å². The van der Waals surface area contributed by atoms with Crippen LogP contribution < -0.4 is 0 Å². The van der Waals surface area contributed by atoms with Crippen molar-refractivity contribution in [3.63, 3.8) is 0 Å². The highest BCUT2D eigenvalue weighted by Crippen LogP contribution is 2.43. The molecule has 1 aromatic rings. The van der Waals surface area contributed by atoms with Crippen LogP contribution in [0.4, 0.5) is 13.2 Å². The predicted octanol–water partition coefficient (Wildman–Crippen LogP) is 13.9. The van der Waals surface area contributed by atoms with Crippen molar-refractivity contribution < 1.29 is 40.8 Å². The summed E-state index contributed by atoms with van der Waals surface area (Å²) in [6, 6.07) is 2.41. The third-order valence-corrected chi connectivity index (χ3v) is 28.0. The van der Waals surface area contributed by atoms with Crippen LogP contribution in [0.2, 0.25) is 54.4 Å². The summed E-state index contributed by atoms with van der Waals surface area (Å²) in [5.74, 6) is -1.78. The Balaban J connectivity index is 2.76. The van der Waals surface area contributed by atoms with E-state index < -0.39 is 72.3 Å². The Morgan fingerprint density at radius 3 is 2.02 bits per heavy atom. The maximum absolute atomic E-state index is 14.9. The second kappa shape index (κ2) is 20.7. The number of Topliss-reactive ketones (excluding diaryl/α,β-unsaturated/α-hetero) is 1. The monoisotopic (exact) mass is 901 g/mol. The maximum Gasteiger partial charge on any atom is 0.412 e. The molecule has 1 aliphatic heterocycles. The third-order valence-electron chi connectivity index (χ3n) is 13.6. The van der Waals surface area contributed by atoms with Gasteiger partial charge in [0.1, 0.15) is 16.9 Å². The Kier molecular flexibility index (Phi) is 18.7. The first-order valence-corrected chi connectivity index (χ1v) is 30.8. The summed E-state index contributed by atoms with van der Waals surface area (Å²) in [5, 5.41) is 2.52. The number of aromatic nitrogens is 1. The summed E-state index contributed by atoms with van der Waals surface area (Å²) in [6.07, 6.45) is -1.67. The van der Waals surface area contributed by atoms with Gasteiger partial charge in [0.25, 0.3) is 0 Å². The number of ketones is 1. The SMILES string of the molecule is CC[Si](CC)(CC)O[C@H]1CC(=O)O[C@H](/C(C)=C/c2csc(CO[Si](C)(C)C(C)(C)C)n2)C/C=C(/C(F)(F)F)C/C=C/[C@H](C)[C@H](O[Si](C)(C)C(C)(C)C)[C@@H](C)C(=O)C1(C)C. The highest BCUT2D eigenvalue weighted by Gasteiger charge is 2.49. The van der Waals surface area contributed by atoms with Crippen molar-refractivity contribution in [3.05, 3.63) is 45.5 Å². The number of carbonyl (C=O) groups is 2. The van der Waals surface area contributed by atoms with E-state index in [2.05, 4.69) is 88.5 Å². The minimum atomic E-state index is -4.61. The fourth-order valence-corrected chi connectivity index (χ4v) is 13.0. The van der Waals surface area contributed by atoms with Gasteiger partial charge in [-0.05, 0) is 85.3 Å². The van der Waals surface area contributed by atoms with Gasteiger partial charge in [0.2, 0.25) is 0 Å². The number of esters is 1. The van der Waals surface area contributed by atoms with Crippen LogP contribution in [-0.4, -0.2) is 66.2 Å². The zero-order valence-corrected chi connectivity index (χ0v) is 43.5. The van der Waals surface area contributed by atoms with Crippen molar-refractivity contribution in [1.82, 2.24) is 4.98 Å². The molecule has 0 fully saturated rings. The molecule has 338 valence electrons. The number of ether oxygens (including phenoxy) is 1. The molecule has 0 unspecified atom stereocenters. The van der Waals surface area contributed by atoms with Crippen molar-refractivity contribution in [2.45, 2.75) is 202 Å². The Morgan fingerprint density at radius 2 is 1.51 bits per heavy atom. The largest absolute Gasteiger partial charge is 0.457 e. The minimum Gasteiger partial charge on any atom is -0.457 e. The molecule has 0 saturated carbocycles. The van der Waals surface area contributed by atoms with E-state index in [4.69, 9.17) is 23.0 Å². The molecule has 5 atom stereocenters. The van der Waals surface area contributed by atoms with E-state index in [9.17, 15) is 22.8 Å². The molecule has 2 heterocycles. The van der Waals surface area contributed by atoms with Crippen LogP contribution in [-0.2, 0) is 34.2 Å². The Labute approximate surface area is 362 Å². The molecule has 1 aliphatic rings. The van der Waals surface area contributed by atoms with Crippen molar-refractivity contribution in [1.29, 1.82) is 0 Å². The predicted molar refractivity (Wildman–Crippen MR) is 246 cm³/mol. The molecule has 0 aromatic carbocycles. The lowest BCUT2D eigenvalue weighted by Crippen LogP contribution is -2.53. The van der Waals surface area contributed by atoms with Crippen LogP contribution in [0.1, 0.15) is 127 Å². The number of hydrogen-bond donors (Lipinski definition) is 0. The van der Waals surface area contributed by atoms with Crippen molar-refractivity contribution in [2.75, 3.05) is 0 Å². The summed E-state index contributed by atoms with van der Waals surface area (Å²) < 4.78 is 70.5. The van der Waals surface area contributed by atoms with Gasteiger partial charge >= 0.3 is 12.1 Å². The van der Waals surface area contributed by atoms with Gasteiger partial charge in [0.15, 0.2) is 25.0 Å². The Hall–Kier alpha value is -1.69. The van der Waals surface area contributed by atoms with E-state index in [1.807, 2.05) is 33.1 Å². The first-order valence-electron chi connectivity index (χ1n) is 21.6. The van der Waals surface area contributed by atoms with Gasteiger partial charge in [-0.25, -0.2) is 4.98 Å². The first kappa shape index (κ1) is 53.4. The molecule has 0 spiro atoms. The molecule has 0 radical (unpaired) electrons. The van der Waals surface area contributed by atoms with Gasteiger partial charge in [-0.3, -0.25) is 9.59 Å². The van der Waals surface area contributed by atoms with E-state index >= 15 is 0 Å². The molecular weight excluding hydrogens is 824 g/mol. The van der Waals surface area contributed by atoms with E-state index in [1.165, 1.54) is 17.4 Å². The summed E-state index contributed by atoms with van der Waals surface area (Å²) in [6.45, 7) is 37.4. The second-order valence-electron chi connectivity index (χ2n) is 20.3. The fourth-order valence-electron chi connectivity index (χ4n) is 6.83. The van der Waals surface area contributed by atoms with Gasteiger partial charge in [-0.2, -0.15) is 13.2 Å². The minimum absolute atomic E-state index is 0.0358. The molecule has 2 rings (SSSR count). The van der Waals surface area contributed by atoms with Crippen molar-refractivity contribution >= 4 is 54.1 Å². The average molecular weight is 902 g/mol. The number of nitrogens with zero attached hydrogens (tertiary/aromatic N) is 1. The van der Waals surface area contributed by atoms with E-state index in [0.717, 1.165) is 29.2 Å². The molecule has 0 amide bonds. The van der Waals surface area contributed by atoms with E-state index in [-0.39, 0.29) is 41.0 Å². The molecule has 1 aromatic heterocycles. The summed E-state index contributed by atoms with van der Waals surface area (Å²) in [4.78, 5) is 33.9. The lowest BCUT2D eigenvalue weighted by molar-refractivity contribution is -0.153. The van der Waals surface area contributed by atoms with Crippen LogP contribution in [0.15, 0.2) is 34.8 Å². The molecule has 0 N–H and O–H groups in total. The number of carbonyl (C=O) groups excluding carboxylic acids is 2. The zero-order valence-electron chi connectivity index (χ0n) is 39.7. The van der Waals surface area contributed by atoms with Crippen LogP contribution >= 0.6 is 11.3 Å². The third kappa shape index (κ3) is 14.4. The molecule has 14 heteroatoms. The number of alkyl halides is 3. The normalized spacial score (nSPS) is 25.7. The number of rotatable bonds is 12. The molecule has 0 aliphatic carbocycles. The number of thiazole rings is 1.